The van der Waals surface area contributed by atoms with E-state index >= 15 is 0 Å². The maximum Gasteiger partial charge on any atom is 0.231 e. The van der Waals surface area contributed by atoms with Gasteiger partial charge in [-0.25, -0.2) is 19.0 Å². The number of anilines is 1. The van der Waals surface area contributed by atoms with Crippen LogP contribution in [-0.2, 0) is 6.54 Å². The number of hydrogen-bond acceptors (Lipinski definition) is 7. The van der Waals surface area contributed by atoms with E-state index in [1.807, 2.05) is 31.3 Å². The highest BCUT2D eigenvalue weighted by Gasteiger charge is 2.21. The molecule has 0 bridgehead atoms. The van der Waals surface area contributed by atoms with Crippen LogP contribution in [0.4, 0.5) is 10.3 Å². The number of hydrogen-bond donors (Lipinski definition) is 0. The molecule has 4 heterocycles. The lowest BCUT2D eigenvalue weighted by Gasteiger charge is -2.34. The zero-order valence-electron chi connectivity index (χ0n) is 19.4. The molecule has 9 heteroatoms. The zero-order valence-corrected chi connectivity index (χ0v) is 19.4. The molecule has 1 fully saturated rings. The summed E-state index contributed by atoms with van der Waals surface area (Å²) in [7, 11) is 0. The van der Waals surface area contributed by atoms with Gasteiger partial charge in [-0.3, -0.25) is 4.90 Å². The Morgan fingerprint density at radius 3 is 2.69 bits per heavy atom. The zero-order chi connectivity index (χ0) is 23.8. The lowest BCUT2D eigenvalue weighted by molar-refractivity contribution is 0.174. The van der Waals surface area contributed by atoms with Crippen molar-refractivity contribution in [1.29, 1.82) is 0 Å². The number of ether oxygens (including phenoxy) is 2. The van der Waals surface area contributed by atoms with Crippen LogP contribution in [0.1, 0.15) is 11.3 Å². The highest BCUT2D eigenvalue weighted by molar-refractivity contribution is 5.62. The maximum absolute atomic E-state index is 13.7. The van der Waals surface area contributed by atoms with Crippen molar-refractivity contribution in [2.75, 3.05) is 37.9 Å². The second kappa shape index (κ2) is 8.99. The van der Waals surface area contributed by atoms with Crippen molar-refractivity contribution in [3.05, 3.63) is 78.0 Å². The number of piperazine rings is 1. The van der Waals surface area contributed by atoms with Crippen LogP contribution in [0.2, 0.25) is 0 Å². The minimum atomic E-state index is -0.292. The van der Waals surface area contributed by atoms with Crippen LogP contribution >= 0.6 is 0 Å². The summed E-state index contributed by atoms with van der Waals surface area (Å²) in [5, 5.41) is 4.56. The van der Waals surface area contributed by atoms with E-state index < -0.39 is 0 Å². The van der Waals surface area contributed by atoms with E-state index in [1.54, 1.807) is 16.9 Å². The summed E-state index contributed by atoms with van der Waals surface area (Å²) in [5.74, 6) is 2.05. The van der Waals surface area contributed by atoms with E-state index in [-0.39, 0.29) is 5.82 Å². The van der Waals surface area contributed by atoms with Gasteiger partial charge in [-0.1, -0.05) is 12.1 Å². The molecule has 0 amide bonds. The first-order valence-electron chi connectivity index (χ1n) is 11.6. The van der Waals surface area contributed by atoms with Crippen molar-refractivity contribution in [3.8, 4) is 28.4 Å². The van der Waals surface area contributed by atoms with Gasteiger partial charge in [0.2, 0.25) is 12.7 Å². The topological polar surface area (TPSA) is 68.5 Å². The fourth-order valence-electron chi connectivity index (χ4n) is 4.52. The Morgan fingerprint density at radius 2 is 1.83 bits per heavy atom. The predicted octanol–water partition coefficient (Wildman–Crippen LogP) is 3.83. The van der Waals surface area contributed by atoms with Crippen LogP contribution in [0.3, 0.4) is 0 Å². The number of benzene rings is 2. The average molecular weight is 473 g/mol. The molecule has 0 atom stereocenters. The number of rotatable bonds is 5. The minimum Gasteiger partial charge on any atom is -0.454 e. The van der Waals surface area contributed by atoms with Crippen molar-refractivity contribution in [2.45, 2.75) is 13.5 Å². The van der Waals surface area contributed by atoms with E-state index in [2.05, 4.69) is 32.0 Å². The number of halogens is 1. The minimum absolute atomic E-state index is 0.292. The Kier molecular flexibility index (Phi) is 5.54. The fourth-order valence-corrected chi connectivity index (χ4v) is 4.52. The van der Waals surface area contributed by atoms with E-state index in [4.69, 9.17) is 14.5 Å². The first-order chi connectivity index (χ1) is 17.1. The third-order valence-electron chi connectivity index (χ3n) is 6.39. The van der Waals surface area contributed by atoms with Crippen LogP contribution in [0.25, 0.3) is 16.9 Å². The Bertz CT molecular complexity index is 1370. The summed E-state index contributed by atoms with van der Waals surface area (Å²) < 4.78 is 26.3. The lowest BCUT2D eigenvalue weighted by atomic mass is 10.1. The molecule has 4 aromatic rings. The monoisotopic (exact) mass is 472 g/mol. The van der Waals surface area contributed by atoms with Crippen molar-refractivity contribution in [1.82, 2.24) is 24.6 Å². The quantitative estimate of drug-likeness (QED) is 0.437. The molecule has 2 aliphatic rings. The van der Waals surface area contributed by atoms with Gasteiger partial charge in [0.15, 0.2) is 11.5 Å². The molecule has 2 aliphatic heterocycles. The van der Waals surface area contributed by atoms with Gasteiger partial charge in [-0.15, -0.1) is 0 Å². The standard InChI is InChI=1S/C26H25FN6O2/c1-18-22(16-33(30-18)21-4-2-3-20(27)14-21)23-7-8-28-26(29-23)32-11-9-31(10-12-32)15-19-5-6-24-25(13-19)35-17-34-24/h2-8,13-14,16H,9-12,15,17H2,1H3. The molecule has 0 aliphatic carbocycles. The number of aryl methyl sites for hydroxylation is 1. The Labute approximate surface area is 202 Å². The first-order valence-corrected chi connectivity index (χ1v) is 11.6. The van der Waals surface area contributed by atoms with Crippen LogP contribution in [0.5, 0.6) is 11.5 Å². The van der Waals surface area contributed by atoms with Crippen LogP contribution < -0.4 is 14.4 Å². The molecular weight excluding hydrogens is 447 g/mol. The van der Waals surface area contributed by atoms with E-state index in [1.165, 1.54) is 17.7 Å². The summed E-state index contributed by atoms with van der Waals surface area (Å²) in [6.07, 6.45) is 3.68. The van der Waals surface area contributed by atoms with Crippen LogP contribution in [0.15, 0.2) is 60.9 Å². The Hall–Kier alpha value is -3.98. The molecule has 0 spiro atoms. The predicted molar refractivity (Wildman–Crippen MR) is 129 cm³/mol. The molecule has 0 saturated carbocycles. The lowest BCUT2D eigenvalue weighted by Crippen LogP contribution is -2.46. The van der Waals surface area contributed by atoms with E-state index in [0.717, 1.165) is 61.2 Å². The molecule has 6 rings (SSSR count). The third kappa shape index (κ3) is 4.42. The van der Waals surface area contributed by atoms with Gasteiger partial charge in [0.05, 0.1) is 17.1 Å². The molecule has 178 valence electrons. The average Bonchev–Trinajstić information content (AvgIpc) is 3.51. The van der Waals surface area contributed by atoms with Gasteiger partial charge < -0.3 is 14.4 Å². The van der Waals surface area contributed by atoms with E-state index in [9.17, 15) is 4.39 Å². The molecule has 0 radical (unpaired) electrons. The van der Waals surface area contributed by atoms with Gasteiger partial charge in [0.25, 0.3) is 0 Å². The SMILES string of the molecule is Cc1nn(-c2cccc(F)c2)cc1-c1ccnc(N2CCN(Cc3ccc4c(c3)OCO4)CC2)n1. The molecule has 2 aromatic heterocycles. The van der Waals surface area contributed by atoms with Gasteiger partial charge in [0, 0.05) is 50.7 Å². The molecule has 8 nitrogen and oxygen atoms in total. The van der Waals surface area contributed by atoms with Crippen LogP contribution in [-0.4, -0.2) is 57.6 Å². The molecular formula is C26H25FN6O2. The van der Waals surface area contributed by atoms with E-state index in [0.29, 0.717) is 18.4 Å². The fraction of sp³-hybridized carbons (Fsp3) is 0.269. The van der Waals surface area contributed by atoms with Gasteiger partial charge in [0.1, 0.15) is 5.82 Å². The Morgan fingerprint density at radius 1 is 0.971 bits per heavy atom. The highest BCUT2D eigenvalue weighted by atomic mass is 19.1. The number of nitrogens with zero attached hydrogens (tertiary/aromatic N) is 6. The second-order valence-corrected chi connectivity index (χ2v) is 8.75. The van der Waals surface area contributed by atoms with Crippen LogP contribution in [0, 0.1) is 12.7 Å². The van der Waals surface area contributed by atoms with Crippen molar-refractivity contribution in [2.24, 2.45) is 0 Å². The van der Waals surface area contributed by atoms with Crippen molar-refractivity contribution >= 4 is 5.95 Å². The molecule has 2 aromatic carbocycles. The third-order valence-corrected chi connectivity index (χ3v) is 6.39. The smallest absolute Gasteiger partial charge is 0.231 e. The van der Waals surface area contributed by atoms with Crippen molar-refractivity contribution in [3.63, 3.8) is 0 Å². The summed E-state index contributed by atoms with van der Waals surface area (Å²) in [5.41, 5.74) is 4.42. The summed E-state index contributed by atoms with van der Waals surface area (Å²) in [4.78, 5) is 14.0. The second-order valence-electron chi connectivity index (χ2n) is 8.75. The van der Waals surface area contributed by atoms with Crippen molar-refractivity contribution < 1.29 is 13.9 Å². The van der Waals surface area contributed by atoms with Gasteiger partial charge in [-0.2, -0.15) is 5.10 Å². The Balaban J connectivity index is 1.14. The molecule has 0 N–H and O–H groups in total. The summed E-state index contributed by atoms with van der Waals surface area (Å²) in [6.45, 7) is 6.61. The molecule has 0 unspecified atom stereocenters. The first kappa shape index (κ1) is 21.5. The van der Waals surface area contributed by atoms with Gasteiger partial charge >= 0.3 is 0 Å². The highest BCUT2D eigenvalue weighted by Crippen LogP contribution is 2.33. The molecule has 35 heavy (non-hydrogen) atoms. The number of aromatic nitrogens is 4. The number of fused-ring (bicyclic) bond motifs is 1. The maximum atomic E-state index is 13.7. The summed E-state index contributed by atoms with van der Waals surface area (Å²) in [6, 6.07) is 14.4. The summed E-state index contributed by atoms with van der Waals surface area (Å²) >= 11 is 0. The largest absolute Gasteiger partial charge is 0.454 e. The normalized spacial score (nSPS) is 15.5. The molecule has 1 saturated heterocycles. The van der Waals surface area contributed by atoms with Gasteiger partial charge in [-0.05, 0) is 48.9 Å².